The summed E-state index contributed by atoms with van der Waals surface area (Å²) < 4.78 is 1.73. The zero-order valence-electron chi connectivity index (χ0n) is 13.8. The van der Waals surface area contributed by atoms with Gasteiger partial charge in [-0.3, -0.25) is 4.79 Å². The third-order valence-electron chi connectivity index (χ3n) is 5.44. The molecule has 2 fully saturated rings. The van der Waals surface area contributed by atoms with E-state index in [0.717, 1.165) is 42.5 Å². The molecule has 0 spiro atoms. The number of likely N-dealkylation sites (tertiary alicyclic amines) is 2. The number of nitrogens with zero attached hydrogens (tertiary/aromatic N) is 5. The van der Waals surface area contributed by atoms with Gasteiger partial charge in [-0.1, -0.05) is 5.21 Å². The summed E-state index contributed by atoms with van der Waals surface area (Å²) in [5, 5.41) is 8.15. The number of carbonyl (C=O) groups is 1. The fraction of sp³-hybridized carbons (Fsp3) is 0.588. The number of fused-ring (bicyclic) bond motifs is 1. The fourth-order valence-corrected chi connectivity index (χ4v) is 4.21. The molecule has 6 nitrogen and oxygen atoms in total. The predicted molar refractivity (Wildman–Crippen MR) is 88.2 cm³/mol. The Morgan fingerprint density at radius 2 is 1.91 bits per heavy atom. The standard InChI is InChI=1S/C17H23N5O/c1-20-9-3-5-15(20)16-6-4-10-22(16)17(23)12-7-8-14-13(11-12)18-19-21(14)2/h7-8,11,15-16H,3-6,9-10H2,1-2H3/t15-,16+/m0/s1. The van der Waals surface area contributed by atoms with Crippen molar-refractivity contribution >= 4 is 16.9 Å². The summed E-state index contributed by atoms with van der Waals surface area (Å²) >= 11 is 0. The average molecular weight is 313 g/mol. The molecule has 2 atom stereocenters. The van der Waals surface area contributed by atoms with E-state index < -0.39 is 0 Å². The summed E-state index contributed by atoms with van der Waals surface area (Å²) in [6, 6.07) is 6.59. The first kappa shape index (κ1) is 14.6. The normalized spacial score (nSPS) is 25.6. The van der Waals surface area contributed by atoms with E-state index in [1.165, 1.54) is 12.8 Å². The number of amides is 1. The second-order valence-corrected chi connectivity index (χ2v) is 6.81. The molecule has 0 unspecified atom stereocenters. The maximum Gasteiger partial charge on any atom is 0.254 e. The largest absolute Gasteiger partial charge is 0.334 e. The van der Waals surface area contributed by atoms with Gasteiger partial charge in [-0.05, 0) is 57.5 Å². The van der Waals surface area contributed by atoms with E-state index in [2.05, 4.69) is 27.2 Å². The molecule has 0 aliphatic carbocycles. The first-order valence-electron chi connectivity index (χ1n) is 8.46. The van der Waals surface area contributed by atoms with Crippen LogP contribution < -0.4 is 0 Å². The molecule has 2 aromatic rings. The van der Waals surface area contributed by atoms with Gasteiger partial charge in [-0.25, -0.2) is 4.68 Å². The number of rotatable bonds is 2. The number of hydrogen-bond acceptors (Lipinski definition) is 4. The van der Waals surface area contributed by atoms with Gasteiger partial charge < -0.3 is 9.80 Å². The lowest BCUT2D eigenvalue weighted by Crippen LogP contribution is -2.47. The summed E-state index contributed by atoms with van der Waals surface area (Å²) in [4.78, 5) is 17.5. The summed E-state index contributed by atoms with van der Waals surface area (Å²) in [6.45, 7) is 2.01. The molecular formula is C17H23N5O. The van der Waals surface area contributed by atoms with Gasteiger partial charge in [0.15, 0.2) is 0 Å². The number of likely N-dealkylation sites (N-methyl/N-ethyl adjacent to an activating group) is 1. The summed E-state index contributed by atoms with van der Waals surface area (Å²) in [5.74, 6) is 0.139. The van der Waals surface area contributed by atoms with Crippen molar-refractivity contribution in [1.29, 1.82) is 0 Å². The van der Waals surface area contributed by atoms with E-state index in [1.807, 2.05) is 25.2 Å². The van der Waals surface area contributed by atoms with Crippen LogP contribution >= 0.6 is 0 Å². The summed E-state index contributed by atoms with van der Waals surface area (Å²) in [7, 11) is 4.05. The monoisotopic (exact) mass is 313 g/mol. The third kappa shape index (κ3) is 2.41. The quantitative estimate of drug-likeness (QED) is 0.846. The molecule has 0 bridgehead atoms. The minimum atomic E-state index is 0.139. The zero-order valence-corrected chi connectivity index (χ0v) is 13.8. The van der Waals surface area contributed by atoms with Crippen molar-refractivity contribution in [3.8, 4) is 0 Å². The lowest BCUT2D eigenvalue weighted by Gasteiger charge is -2.33. The summed E-state index contributed by atoms with van der Waals surface area (Å²) in [6.07, 6.45) is 4.67. The molecule has 4 rings (SSSR count). The van der Waals surface area contributed by atoms with Crippen LogP contribution in [0.25, 0.3) is 11.0 Å². The lowest BCUT2D eigenvalue weighted by atomic mass is 10.0. The molecule has 3 heterocycles. The van der Waals surface area contributed by atoms with Crippen LogP contribution in [0.2, 0.25) is 0 Å². The fourth-order valence-electron chi connectivity index (χ4n) is 4.21. The molecule has 2 aliphatic rings. The van der Waals surface area contributed by atoms with Crippen molar-refractivity contribution in [1.82, 2.24) is 24.8 Å². The Labute approximate surface area is 136 Å². The van der Waals surface area contributed by atoms with Gasteiger partial charge in [0, 0.05) is 31.2 Å². The molecule has 0 radical (unpaired) electrons. The van der Waals surface area contributed by atoms with Crippen molar-refractivity contribution < 1.29 is 4.79 Å². The molecule has 6 heteroatoms. The minimum Gasteiger partial charge on any atom is -0.334 e. The molecule has 122 valence electrons. The first-order chi connectivity index (χ1) is 11.1. The average Bonchev–Trinajstić information content (AvgIpc) is 3.26. The van der Waals surface area contributed by atoms with Crippen LogP contribution in [0.4, 0.5) is 0 Å². The Balaban J connectivity index is 1.61. The molecule has 1 amide bonds. The molecule has 0 saturated carbocycles. The number of aryl methyl sites for hydroxylation is 1. The second kappa shape index (κ2) is 5.60. The molecule has 2 saturated heterocycles. The molecular weight excluding hydrogens is 290 g/mol. The molecule has 1 aromatic carbocycles. The van der Waals surface area contributed by atoms with E-state index in [1.54, 1.807) is 4.68 Å². The number of aromatic nitrogens is 3. The van der Waals surface area contributed by atoms with Crippen LogP contribution in [0.5, 0.6) is 0 Å². The highest BCUT2D eigenvalue weighted by Crippen LogP contribution is 2.30. The number of benzene rings is 1. The van der Waals surface area contributed by atoms with Gasteiger partial charge in [0.25, 0.3) is 5.91 Å². The van der Waals surface area contributed by atoms with E-state index >= 15 is 0 Å². The molecule has 2 aliphatic heterocycles. The smallest absolute Gasteiger partial charge is 0.254 e. The van der Waals surface area contributed by atoms with Gasteiger partial charge in [0.2, 0.25) is 0 Å². The predicted octanol–water partition coefficient (Wildman–Crippen LogP) is 1.67. The van der Waals surface area contributed by atoms with Crippen molar-refractivity contribution in [2.24, 2.45) is 7.05 Å². The molecule has 23 heavy (non-hydrogen) atoms. The van der Waals surface area contributed by atoms with Crippen LogP contribution in [0.1, 0.15) is 36.0 Å². The lowest BCUT2D eigenvalue weighted by molar-refractivity contribution is 0.0664. The zero-order chi connectivity index (χ0) is 16.0. The summed E-state index contributed by atoms with van der Waals surface area (Å²) in [5.41, 5.74) is 2.47. The number of carbonyl (C=O) groups excluding carboxylic acids is 1. The van der Waals surface area contributed by atoms with Crippen LogP contribution in [0.3, 0.4) is 0 Å². The topological polar surface area (TPSA) is 54.3 Å². The molecule has 0 N–H and O–H groups in total. The van der Waals surface area contributed by atoms with Gasteiger partial charge >= 0.3 is 0 Å². The van der Waals surface area contributed by atoms with Gasteiger partial charge in [0.05, 0.1) is 5.52 Å². The maximum absolute atomic E-state index is 13.0. The Morgan fingerprint density at radius 3 is 2.70 bits per heavy atom. The second-order valence-electron chi connectivity index (χ2n) is 6.81. The Kier molecular flexibility index (Phi) is 3.56. The highest BCUT2D eigenvalue weighted by atomic mass is 16.2. The highest BCUT2D eigenvalue weighted by Gasteiger charge is 2.38. The van der Waals surface area contributed by atoms with E-state index in [0.29, 0.717) is 12.1 Å². The van der Waals surface area contributed by atoms with Crippen molar-refractivity contribution in [3.63, 3.8) is 0 Å². The molecule has 1 aromatic heterocycles. The van der Waals surface area contributed by atoms with E-state index in [9.17, 15) is 4.79 Å². The van der Waals surface area contributed by atoms with Crippen LogP contribution in [-0.4, -0.2) is 62.9 Å². The van der Waals surface area contributed by atoms with Crippen molar-refractivity contribution in [2.75, 3.05) is 20.1 Å². The van der Waals surface area contributed by atoms with Crippen LogP contribution in [0, 0.1) is 0 Å². The maximum atomic E-state index is 13.0. The van der Waals surface area contributed by atoms with Crippen molar-refractivity contribution in [2.45, 2.75) is 37.8 Å². The van der Waals surface area contributed by atoms with Crippen LogP contribution in [0.15, 0.2) is 18.2 Å². The van der Waals surface area contributed by atoms with E-state index in [-0.39, 0.29) is 5.91 Å². The Bertz CT molecular complexity index is 740. The SMILES string of the molecule is CN1CCC[C@H]1[C@H]1CCCN1C(=O)c1ccc2c(c1)nnn2C. The van der Waals surface area contributed by atoms with E-state index in [4.69, 9.17) is 0 Å². The minimum absolute atomic E-state index is 0.139. The third-order valence-corrected chi connectivity index (χ3v) is 5.44. The van der Waals surface area contributed by atoms with Gasteiger partial charge in [-0.2, -0.15) is 0 Å². The number of hydrogen-bond donors (Lipinski definition) is 0. The Morgan fingerprint density at radius 1 is 1.13 bits per heavy atom. The van der Waals surface area contributed by atoms with Crippen molar-refractivity contribution in [3.05, 3.63) is 23.8 Å². The van der Waals surface area contributed by atoms with Gasteiger partial charge in [0.1, 0.15) is 5.52 Å². The highest BCUT2D eigenvalue weighted by molar-refractivity contribution is 5.97. The van der Waals surface area contributed by atoms with Crippen LogP contribution in [-0.2, 0) is 7.05 Å². The Hall–Kier alpha value is -1.95. The first-order valence-corrected chi connectivity index (χ1v) is 8.46. The van der Waals surface area contributed by atoms with Gasteiger partial charge in [-0.15, -0.1) is 5.10 Å².